The molecule has 0 saturated carbocycles. The summed E-state index contributed by atoms with van der Waals surface area (Å²) in [6.45, 7) is 1.31. The van der Waals surface area contributed by atoms with Gasteiger partial charge in [0.2, 0.25) is 5.91 Å². The highest BCUT2D eigenvalue weighted by Crippen LogP contribution is 2.23. The first-order valence-electron chi connectivity index (χ1n) is 8.74. The van der Waals surface area contributed by atoms with Crippen molar-refractivity contribution in [3.05, 3.63) is 64.7 Å². The van der Waals surface area contributed by atoms with E-state index in [4.69, 9.17) is 0 Å². The predicted molar refractivity (Wildman–Crippen MR) is 99.4 cm³/mol. The first kappa shape index (κ1) is 20.1. The van der Waals surface area contributed by atoms with Gasteiger partial charge >= 0.3 is 0 Å². The summed E-state index contributed by atoms with van der Waals surface area (Å²) < 4.78 is 27.4. The average Bonchev–Trinajstić information content (AvgIpc) is 2.92. The lowest BCUT2D eigenvalue weighted by atomic mass is 10.0. The summed E-state index contributed by atoms with van der Waals surface area (Å²) in [5.41, 5.74) is -0.167. The van der Waals surface area contributed by atoms with E-state index in [0.717, 1.165) is 21.9 Å². The fourth-order valence-electron chi connectivity index (χ4n) is 2.97. The van der Waals surface area contributed by atoms with E-state index >= 15 is 0 Å². The van der Waals surface area contributed by atoms with Crippen molar-refractivity contribution in [2.45, 2.75) is 6.92 Å². The topological polar surface area (TPSA) is 86.8 Å². The second-order valence-corrected chi connectivity index (χ2v) is 6.39. The first-order chi connectivity index (χ1) is 13.7. The highest BCUT2D eigenvalue weighted by molar-refractivity contribution is 6.21. The zero-order valence-corrected chi connectivity index (χ0v) is 15.7. The van der Waals surface area contributed by atoms with Crippen LogP contribution >= 0.6 is 0 Å². The molecule has 0 fully saturated rings. The second-order valence-electron chi connectivity index (χ2n) is 6.39. The van der Waals surface area contributed by atoms with E-state index in [1.165, 1.54) is 31.3 Å². The number of anilines is 1. The Morgan fingerprint density at radius 3 is 2.28 bits per heavy atom. The molecule has 1 N–H and O–H groups in total. The molecule has 3 rings (SSSR count). The maximum Gasteiger partial charge on any atom is 0.261 e. The van der Waals surface area contributed by atoms with Gasteiger partial charge in [0, 0.05) is 19.2 Å². The summed E-state index contributed by atoms with van der Waals surface area (Å²) in [7, 11) is 1.34. The molecule has 1 aliphatic heterocycles. The Kier molecular flexibility index (Phi) is 5.40. The van der Waals surface area contributed by atoms with Gasteiger partial charge in [-0.05, 0) is 37.3 Å². The van der Waals surface area contributed by atoms with Crippen LogP contribution in [0.2, 0.25) is 0 Å². The summed E-state index contributed by atoms with van der Waals surface area (Å²) in [6.07, 6.45) is 0. The van der Waals surface area contributed by atoms with Gasteiger partial charge in [0.1, 0.15) is 23.9 Å². The smallest absolute Gasteiger partial charge is 0.261 e. The summed E-state index contributed by atoms with van der Waals surface area (Å²) in [4.78, 5) is 51.1. The number of halogens is 2. The molecule has 0 aliphatic carbocycles. The number of carbonyl (C=O) groups excluding carboxylic acids is 4. The number of imide groups is 1. The van der Waals surface area contributed by atoms with Crippen molar-refractivity contribution in [3.8, 4) is 0 Å². The molecule has 2 aromatic rings. The van der Waals surface area contributed by atoms with Gasteiger partial charge < -0.3 is 10.2 Å². The molecule has 0 atom stereocenters. The van der Waals surface area contributed by atoms with Gasteiger partial charge in [-0.1, -0.05) is 6.07 Å². The van der Waals surface area contributed by atoms with E-state index in [2.05, 4.69) is 5.32 Å². The highest BCUT2D eigenvalue weighted by atomic mass is 19.1. The van der Waals surface area contributed by atoms with Crippen molar-refractivity contribution >= 4 is 29.3 Å². The van der Waals surface area contributed by atoms with E-state index in [1.54, 1.807) is 6.92 Å². The van der Waals surface area contributed by atoms with Crippen LogP contribution in [0.5, 0.6) is 0 Å². The van der Waals surface area contributed by atoms with E-state index in [-0.39, 0.29) is 23.2 Å². The minimum absolute atomic E-state index is 0.109. The number of nitrogens with zero attached hydrogens (tertiary/aromatic N) is 2. The Hall–Kier alpha value is -3.62. The third-order valence-electron chi connectivity index (χ3n) is 4.57. The lowest BCUT2D eigenvalue weighted by Gasteiger charge is -2.21. The van der Waals surface area contributed by atoms with Crippen LogP contribution in [0.1, 0.15) is 38.0 Å². The zero-order valence-electron chi connectivity index (χ0n) is 15.7. The van der Waals surface area contributed by atoms with E-state index in [1.807, 2.05) is 0 Å². The van der Waals surface area contributed by atoms with Crippen molar-refractivity contribution in [2.75, 3.05) is 25.5 Å². The average molecular weight is 401 g/mol. The molecule has 4 amide bonds. The Morgan fingerprint density at radius 2 is 1.66 bits per heavy atom. The Morgan fingerprint density at radius 1 is 1.03 bits per heavy atom. The van der Waals surface area contributed by atoms with Gasteiger partial charge in [0.15, 0.2) is 0 Å². The van der Waals surface area contributed by atoms with Crippen LogP contribution in [0.25, 0.3) is 0 Å². The van der Waals surface area contributed by atoms with Gasteiger partial charge in [-0.3, -0.25) is 24.1 Å². The number of benzene rings is 2. The summed E-state index contributed by atoms with van der Waals surface area (Å²) in [5.74, 6) is -4.18. The third kappa shape index (κ3) is 3.71. The third-order valence-corrected chi connectivity index (χ3v) is 4.57. The molecule has 0 aromatic heterocycles. The number of carbonyl (C=O) groups is 4. The highest BCUT2D eigenvalue weighted by Gasteiger charge is 2.33. The van der Waals surface area contributed by atoms with Crippen molar-refractivity contribution in [3.63, 3.8) is 0 Å². The number of likely N-dealkylation sites (N-methyl/N-ethyl adjacent to an activating group) is 1. The fourth-order valence-corrected chi connectivity index (χ4v) is 2.97. The molecule has 0 unspecified atom stereocenters. The number of amides is 4. The standard InChI is InChI=1S/C20H17F2N3O4/c1-3-25(10-16(26)23-17-14(21)5-4-6-15(17)22)18(27)11-7-8-12-13(9-11)20(29)24(2)19(12)28/h4-9H,3,10H2,1-2H3,(H,23,26). The Bertz CT molecular complexity index is 1020. The number of hydrogen-bond acceptors (Lipinski definition) is 4. The summed E-state index contributed by atoms with van der Waals surface area (Å²) >= 11 is 0. The minimum Gasteiger partial charge on any atom is -0.330 e. The lowest BCUT2D eigenvalue weighted by Crippen LogP contribution is -2.38. The number of para-hydroxylation sites is 1. The molecular formula is C20H17F2N3O4. The van der Waals surface area contributed by atoms with Gasteiger partial charge in [-0.2, -0.15) is 0 Å². The quantitative estimate of drug-likeness (QED) is 0.779. The number of fused-ring (bicyclic) bond motifs is 1. The van der Waals surface area contributed by atoms with Crippen molar-refractivity contribution in [1.29, 1.82) is 0 Å². The normalized spacial score (nSPS) is 12.8. The zero-order chi connectivity index (χ0) is 21.3. The molecule has 29 heavy (non-hydrogen) atoms. The van der Waals surface area contributed by atoms with E-state index in [0.29, 0.717) is 0 Å². The Labute approximate surface area is 164 Å². The minimum atomic E-state index is -0.932. The SMILES string of the molecule is CCN(CC(=O)Nc1c(F)cccc1F)C(=O)c1ccc2c(c1)C(=O)N(C)C2=O. The maximum atomic E-state index is 13.7. The van der Waals surface area contributed by atoms with Crippen LogP contribution < -0.4 is 5.32 Å². The molecule has 0 bridgehead atoms. The summed E-state index contributed by atoms with van der Waals surface area (Å²) in [6, 6.07) is 7.25. The van der Waals surface area contributed by atoms with Crippen molar-refractivity contribution < 1.29 is 28.0 Å². The Balaban J connectivity index is 1.77. The van der Waals surface area contributed by atoms with Crippen molar-refractivity contribution in [1.82, 2.24) is 9.80 Å². The molecule has 1 aliphatic rings. The molecule has 0 radical (unpaired) electrons. The number of rotatable bonds is 5. The van der Waals surface area contributed by atoms with E-state index in [9.17, 15) is 28.0 Å². The number of hydrogen-bond donors (Lipinski definition) is 1. The molecule has 0 spiro atoms. The van der Waals surface area contributed by atoms with Crippen LogP contribution in [0.4, 0.5) is 14.5 Å². The first-order valence-corrected chi connectivity index (χ1v) is 8.74. The van der Waals surface area contributed by atoms with Crippen LogP contribution in [0.15, 0.2) is 36.4 Å². The van der Waals surface area contributed by atoms with Crippen LogP contribution in [-0.4, -0.2) is 53.6 Å². The molecule has 7 nitrogen and oxygen atoms in total. The molecule has 9 heteroatoms. The lowest BCUT2D eigenvalue weighted by molar-refractivity contribution is -0.116. The molecule has 2 aromatic carbocycles. The predicted octanol–water partition coefficient (Wildman–Crippen LogP) is 2.29. The maximum absolute atomic E-state index is 13.7. The van der Waals surface area contributed by atoms with Gasteiger partial charge in [0.25, 0.3) is 17.7 Å². The monoisotopic (exact) mass is 401 g/mol. The van der Waals surface area contributed by atoms with Crippen LogP contribution in [0, 0.1) is 11.6 Å². The second kappa shape index (κ2) is 7.78. The van der Waals surface area contributed by atoms with Gasteiger partial charge in [0.05, 0.1) is 11.1 Å². The van der Waals surface area contributed by atoms with Gasteiger partial charge in [-0.15, -0.1) is 0 Å². The van der Waals surface area contributed by atoms with E-state index < -0.39 is 47.5 Å². The molecule has 150 valence electrons. The van der Waals surface area contributed by atoms with Crippen LogP contribution in [0.3, 0.4) is 0 Å². The molecular weight excluding hydrogens is 384 g/mol. The summed E-state index contributed by atoms with van der Waals surface area (Å²) in [5, 5.41) is 2.12. The van der Waals surface area contributed by atoms with Crippen LogP contribution in [-0.2, 0) is 4.79 Å². The largest absolute Gasteiger partial charge is 0.330 e. The van der Waals surface area contributed by atoms with Gasteiger partial charge in [-0.25, -0.2) is 8.78 Å². The van der Waals surface area contributed by atoms with Crippen molar-refractivity contribution in [2.24, 2.45) is 0 Å². The number of nitrogens with one attached hydrogen (secondary N) is 1. The molecule has 1 heterocycles. The fraction of sp³-hybridized carbons (Fsp3) is 0.200. The molecule has 0 saturated heterocycles.